The molecule has 0 fully saturated rings. The molecule has 3 aromatic rings. The minimum Gasteiger partial charge on any atom is -0.427 e. The number of carbonyl (C=O) groups is 3. The molecule has 2 aromatic carbocycles. The molecule has 8 nitrogen and oxygen atoms in total. The van der Waals surface area contributed by atoms with Gasteiger partial charge in [0.05, 0.1) is 0 Å². The van der Waals surface area contributed by atoms with Gasteiger partial charge in [0.2, 0.25) is 5.13 Å². The largest absolute Gasteiger partial charge is 0.427 e. The molecular weight excluding hydrogens is 472 g/mol. The Morgan fingerprint density at radius 3 is 2.50 bits per heavy atom. The van der Waals surface area contributed by atoms with Gasteiger partial charge in [-0.25, -0.2) is 0 Å². The molecule has 3 rings (SSSR count). The lowest BCUT2D eigenvalue weighted by atomic mass is 10.2. The molecule has 0 bridgehead atoms. The first-order valence-electron chi connectivity index (χ1n) is 8.86. The first kappa shape index (κ1) is 21.6. The maximum absolute atomic E-state index is 12.3. The highest BCUT2D eigenvalue weighted by Crippen LogP contribution is 2.18. The van der Waals surface area contributed by atoms with Gasteiger partial charge in [0.1, 0.15) is 10.8 Å². The zero-order chi connectivity index (χ0) is 21.5. The zero-order valence-electron chi connectivity index (χ0n) is 15.8. The molecule has 0 aliphatic rings. The molecule has 10 heteroatoms. The van der Waals surface area contributed by atoms with Crippen molar-refractivity contribution in [3.05, 3.63) is 69.1 Å². The average Bonchev–Trinajstić information content (AvgIpc) is 3.15. The molecule has 0 aliphatic heterocycles. The number of esters is 1. The first-order chi connectivity index (χ1) is 14.4. The number of ether oxygens (including phenoxy) is 1. The highest BCUT2D eigenvalue weighted by molar-refractivity contribution is 9.10. The topological polar surface area (TPSA) is 110 Å². The fourth-order valence-electron chi connectivity index (χ4n) is 2.43. The highest BCUT2D eigenvalue weighted by atomic mass is 79.9. The second-order valence-corrected chi connectivity index (χ2v) is 8.07. The van der Waals surface area contributed by atoms with Gasteiger partial charge in [0.25, 0.3) is 11.8 Å². The van der Waals surface area contributed by atoms with Crippen molar-refractivity contribution in [2.75, 3.05) is 11.9 Å². The van der Waals surface area contributed by atoms with Crippen LogP contribution in [-0.4, -0.2) is 34.5 Å². The Morgan fingerprint density at radius 1 is 1.03 bits per heavy atom. The van der Waals surface area contributed by atoms with Crippen molar-refractivity contribution in [2.24, 2.45) is 0 Å². The van der Waals surface area contributed by atoms with Crippen LogP contribution in [0.3, 0.4) is 0 Å². The lowest BCUT2D eigenvalue weighted by Gasteiger charge is -2.04. The van der Waals surface area contributed by atoms with Gasteiger partial charge in [-0.05, 0) is 42.5 Å². The van der Waals surface area contributed by atoms with E-state index in [4.69, 9.17) is 4.74 Å². The Bertz CT molecular complexity index is 1070. The van der Waals surface area contributed by atoms with Gasteiger partial charge in [-0.15, -0.1) is 10.2 Å². The van der Waals surface area contributed by atoms with Crippen molar-refractivity contribution in [3.63, 3.8) is 0 Å². The molecular formula is C20H17BrN4O4S. The summed E-state index contributed by atoms with van der Waals surface area (Å²) in [6, 6.07) is 13.3. The van der Waals surface area contributed by atoms with Gasteiger partial charge >= 0.3 is 5.97 Å². The Balaban J connectivity index is 1.49. The number of halogens is 1. The summed E-state index contributed by atoms with van der Waals surface area (Å²) in [6.07, 6.45) is 0.490. The van der Waals surface area contributed by atoms with Crippen molar-refractivity contribution in [1.29, 1.82) is 0 Å². The fourth-order valence-corrected chi connectivity index (χ4v) is 3.56. The Hall–Kier alpha value is -3.11. The summed E-state index contributed by atoms with van der Waals surface area (Å²) >= 11 is 4.57. The summed E-state index contributed by atoms with van der Waals surface area (Å²) in [5.41, 5.74) is 0.957. The van der Waals surface area contributed by atoms with Crippen molar-refractivity contribution < 1.29 is 19.1 Å². The number of hydrogen-bond donors (Lipinski definition) is 2. The minimum atomic E-state index is -0.429. The molecule has 30 heavy (non-hydrogen) atoms. The number of nitrogens with zero attached hydrogens (tertiary/aromatic N) is 2. The van der Waals surface area contributed by atoms with E-state index in [-0.39, 0.29) is 11.8 Å². The third kappa shape index (κ3) is 6.19. The minimum absolute atomic E-state index is 0.174. The highest BCUT2D eigenvalue weighted by Gasteiger charge is 2.12. The molecule has 0 unspecified atom stereocenters. The van der Waals surface area contributed by atoms with Crippen molar-refractivity contribution in [3.8, 4) is 5.75 Å². The Morgan fingerprint density at radius 2 is 1.80 bits per heavy atom. The number of rotatable bonds is 7. The van der Waals surface area contributed by atoms with E-state index >= 15 is 0 Å². The van der Waals surface area contributed by atoms with Crippen molar-refractivity contribution in [2.45, 2.75) is 13.3 Å². The Kier molecular flexibility index (Phi) is 7.26. The predicted molar refractivity (Wildman–Crippen MR) is 116 cm³/mol. The molecule has 0 saturated carbocycles. The molecule has 0 aliphatic carbocycles. The number of hydrogen-bond acceptors (Lipinski definition) is 7. The summed E-state index contributed by atoms with van der Waals surface area (Å²) in [5, 5.41) is 14.5. The summed E-state index contributed by atoms with van der Waals surface area (Å²) in [7, 11) is 0. The lowest BCUT2D eigenvalue weighted by Crippen LogP contribution is -2.25. The normalized spacial score (nSPS) is 10.3. The summed E-state index contributed by atoms with van der Waals surface area (Å²) < 4.78 is 5.77. The quantitative estimate of drug-likeness (QED) is 0.389. The second-order valence-electron chi connectivity index (χ2n) is 6.09. The van der Waals surface area contributed by atoms with Crippen LogP contribution in [0.25, 0.3) is 0 Å². The Labute approximate surface area is 184 Å². The number of aromatic nitrogens is 2. The fraction of sp³-hybridized carbons (Fsp3) is 0.150. The molecule has 0 spiro atoms. The van der Waals surface area contributed by atoms with Gasteiger partial charge < -0.3 is 10.1 Å². The molecule has 2 amide bonds. The molecule has 0 saturated heterocycles. The van der Waals surface area contributed by atoms with E-state index < -0.39 is 5.97 Å². The van der Waals surface area contributed by atoms with Crippen LogP contribution >= 0.6 is 27.3 Å². The number of amides is 2. The standard InChI is InChI=1S/C20H17BrN4O4S/c1-12(26)29-16-7-5-13(6-8-16)19(28)23-20-25-24-17(30-20)9-10-22-18(27)14-3-2-4-15(21)11-14/h2-8,11H,9-10H2,1H3,(H,22,27)(H,23,25,28). The van der Waals surface area contributed by atoms with Crippen LogP contribution in [0, 0.1) is 0 Å². The lowest BCUT2D eigenvalue weighted by molar-refractivity contribution is -0.131. The van der Waals surface area contributed by atoms with Crippen molar-refractivity contribution in [1.82, 2.24) is 15.5 Å². The van der Waals surface area contributed by atoms with Crippen LogP contribution in [0.15, 0.2) is 53.0 Å². The van der Waals surface area contributed by atoms with Crippen LogP contribution in [-0.2, 0) is 11.2 Å². The van der Waals surface area contributed by atoms with Gasteiger partial charge in [-0.3, -0.25) is 19.7 Å². The molecule has 0 atom stereocenters. The summed E-state index contributed by atoms with van der Waals surface area (Å²) in [4.78, 5) is 35.4. The van der Waals surface area contributed by atoms with Crippen LogP contribution in [0.1, 0.15) is 32.6 Å². The van der Waals surface area contributed by atoms with Gasteiger partial charge in [-0.1, -0.05) is 33.3 Å². The third-order valence-corrected chi connectivity index (χ3v) is 5.17. The summed E-state index contributed by atoms with van der Waals surface area (Å²) in [6.45, 7) is 1.70. The number of carbonyl (C=O) groups excluding carboxylic acids is 3. The van der Waals surface area contributed by atoms with Gasteiger partial charge in [0, 0.05) is 35.5 Å². The van der Waals surface area contributed by atoms with Gasteiger partial charge in [0.15, 0.2) is 0 Å². The SMILES string of the molecule is CC(=O)Oc1ccc(C(=O)Nc2nnc(CCNC(=O)c3cccc(Br)c3)s2)cc1. The van der Waals surface area contributed by atoms with Crippen LogP contribution in [0.5, 0.6) is 5.75 Å². The van der Waals surface area contributed by atoms with E-state index in [1.807, 2.05) is 6.07 Å². The van der Waals surface area contributed by atoms with E-state index in [0.717, 1.165) is 4.47 Å². The second kappa shape index (κ2) is 10.1. The van der Waals surface area contributed by atoms with E-state index in [1.54, 1.807) is 30.3 Å². The van der Waals surface area contributed by atoms with Gasteiger partial charge in [-0.2, -0.15) is 0 Å². The predicted octanol–water partition coefficient (Wildman–Crippen LogP) is 3.45. The number of nitrogens with one attached hydrogen (secondary N) is 2. The third-order valence-electron chi connectivity index (χ3n) is 3.78. The smallest absolute Gasteiger partial charge is 0.308 e. The van der Waals surface area contributed by atoms with E-state index in [1.165, 1.54) is 30.4 Å². The molecule has 154 valence electrons. The monoisotopic (exact) mass is 488 g/mol. The van der Waals surface area contributed by atoms with E-state index in [2.05, 4.69) is 36.8 Å². The average molecular weight is 489 g/mol. The molecule has 0 radical (unpaired) electrons. The maximum atomic E-state index is 12.3. The number of benzene rings is 2. The first-order valence-corrected chi connectivity index (χ1v) is 10.5. The number of anilines is 1. The van der Waals surface area contributed by atoms with Crippen LogP contribution < -0.4 is 15.4 Å². The molecule has 1 aromatic heterocycles. The van der Waals surface area contributed by atoms with Crippen molar-refractivity contribution >= 4 is 50.2 Å². The van der Waals surface area contributed by atoms with Crippen LogP contribution in [0.4, 0.5) is 5.13 Å². The maximum Gasteiger partial charge on any atom is 0.308 e. The van der Waals surface area contributed by atoms with Crippen LogP contribution in [0.2, 0.25) is 0 Å². The van der Waals surface area contributed by atoms with E-state index in [0.29, 0.717) is 40.0 Å². The zero-order valence-corrected chi connectivity index (χ0v) is 18.2. The van der Waals surface area contributed by atoms with E-state index in [9.17, 15) is 14.4 Å². The molecule has 2 N–H and O–H groups in total. The summed E-state index contributed by atoms with van der Waals surface area (Å²) in [5.74, 6) is -0.592. The molecule has 1 heterocycles.